The van der Waals surface area contributed by atoms with E-state index in [1.165, 1.54) is 0 Å². The highest BCUT2D eigenvalue weighted by molar-refractivity contribution is 5.98. The molecular weight excluding hydrogens is 278 g/mol. The lowest BCUT2D eigenvalue weighted by atomic mass is 10.0. The zero-order valence-corrected chi connectivity index (χ0v) is 14.1. The summed E-state index contributed by atoms with van der Waals surface area (Å²) in [5.74, 6) is 0.159. The zero-order chi connectivity index (χ0) is 16.9. The van der Waals surface area contributed by atoms with Gasteiger partial charge in [-0.15, -0.1) is 0 Å². The summed E-state index contributed by atoms with van der Waals surface area (Å²) in [6.45, 7) is 10.4. The molecule has 0 aliphatic rings. The van der Waals surface area contributed by atoms with E-state index in [0.29, 0.717) is 23.7 Å². The van der Waals surface area contributed by atoms with Crippen molar-refractivity contribution in [3.8, 4) is 0 Å². The van der Waals surface area contributed by atoms with E-state index in [1.807, 2.05) is 34.6 Å². The molecule has 5 nitrogen and oxygen atoms in total. The first kappa shape index (κ1) is 18.2. The maximum atomic E-state index is 12.0. The Morgan fingerprint density at radius 1 is 1.18 bits per heavy atom. The minimum absolute atomic E-state index is 0.0707. The fourth-order valence-electron chi connectivity index (χ4n) is 1.86. The molecule has 0 aromatic heterocycles. The van der Waals surface area contributed by atoms with Crippen LogP contribution in [0.5, 0.6) is 0 Å². The molecule has 5 heteroatoms. The molecule has 0 fully saturated rings. The monoisotopic (exact) mass is 305 g/mol. The second kappa shape index (κ2) is 7.94. The molecule has 1 aromatic rings. The normalized spacial score (nSPS) is 12.4. The number of nitrogens with two attached hydrogens (primary N) is 1. The highest BCUT2D eigenvalue weighted by Gasteiger charge is 2.18. The molecule has 4 N–H and O–H groups in total. The third-order valence-electron chi connectivity index (χ3n) is 3.44. The number of hydrogen-bond donors (Lipinski definition) is 3. The molecule has 1 rings (SSSR count). The van der Waals surface area contributed by atoms with Crippen molar-refractivity contribution in [2.24, 2.45) is 17.6 Å². The van der Waals surface area contributed by atoms with Crippen LogP contribution in [0.15, 0.2) is 18.2 Å². The number of anilines is 1. The topological polar surface area (TPSA) is 84.2 Å². The van der Waals surface area contributed by atoms with Crippen LogP contribution in [0.2, 0.25) is 0 Å². The summed E-state index contributed by atoms with van der Waals surface area (Å²) < 4.78 is 0. The van der Waals surface area contributed by atoms with Gasteiger partial charge in [-0.25, -0.2) is 0 Å². The molecule has 0 unspecified atom stereocenters. The van der Waals surface area contributed by atoms with Gasteiger partial charge in [-0.3, -0.25) is 9.59 Å². The summed E-state index contributed by atoms with van der Waals surface area (Å²) >= 11 is 0. The van der Waals surface area contributed by atoms with Gasteiger partial charge in [0.1, 0.15) is 0 Å². The molecule has 1 atom stereocenters. The number of carbonyl (C=O) groups excluding carboxylic acids is 2. The van der Waals surface area contributed by atoms with Gasteiger partial charge < -0.3 is 16.4 Å². The van der Waals surface area contributed by atoms with Gasteiger partial charge in [0.25, 0.3) is 5.91 Å². The van der Waals surface area contributed by atoms with Crippen molar-refractivity contribution in [2.45, 2.75) is 40.7 Å². The third kappa shape index (κ3) is 5.15. The zero-order valence-electron chi connectivity index (χ0n) is 14.1. The fraction of sp³-hybridized carbons (Fsp3) is 0.529. The molecule has 0 aliphatic heterocycles. The predicted molar refractivity (Wildman–Crippen MR) is 89.8 cm³/mol. The highest BCUT2D eigenvalue weighted by Crippen LogP contribution is 2.17. The van der Waals surface area contributed by atoms with Crippen molar-refractivity contribution in [3.05, 3.63) is 29.3 Å². The average Bonchev–Trinajstić information content (AvgIpc) is 2.45. The molecule has 122 valence electrons. The SMILES string of the molecule is Cc1cc(C(=O)NCC(C)C)ccc1NC(=O)[C@@H](N)C(C)C. The van der Waals surface area contributed by atoms with Crippen LogP contribution in [-0.2, 0) is 4.79 Å². The van der Waals surface area contributed by atoms with Crippen molar-refractivity contribution in [1.82, 2.24) is 5.32 Å². The third-order valence-corrected chi connectivity index (χ3v) is 3.44. The Balaban J connectivity index is 2.77. The van der Waals surface area contributed by atoms with Crippen molar-refractivity contribution in [3.63, 3.8) is 0 Å². The Morgan fingerprint density at radius 3 is 2.32 bits per heavy atom. The van der Waals surface area contributed by atoms with Crippen LogP contribution in [0, 0.1) is 18.8 Å². The minimum Gasteiger partial charge on any atom is -0.352 e. The van der Waals surface area contributed by atoms with E-state index in [9.17, 15) is 9.59 Å². The van der Waals surface area contributed by atoms with Gasteiger partial charge in [-0.05, 0) is 42.5 Å². The van der Waals surface area contributed by atoms with Crippen LogP contribution < -0.4 is 16.4 Å². The molecule has 2 amide bonds. The molecule has 0 aliphatic carbocycles. The van der Waals surface area contributed by atoms with E-state index in [2.05, 4.69) is 10.6 Å². The van der Waals surface area contributed by atoms with E-state index in [-0.39, 0.29) is 17.7 Å². The van der Waals surface area contributed by atoms with Gasteiger partial charge in [0.05, 0.1) is 6.04 Å². The quantitative estimate of drug-likeness (QED) is 0.754. The van der Waals surface area contributed by atoms with Crippen molar-refractivity contribution in [2.75, 3.05) is 11.9 Å². The molecule has 0 bridgehead atoms. The van der Waals surface area contributed by atoms with E-state index >= 15 is 0 Å². The lowest BCUT2D eigenvalue weighted by molar-refractivity contribution is -0.118. The molecule has 22 heavy (non-hydrogen) atoms. The van der Waals surface area contributed by atoms with Gasteiger partial charge in [0.2, 0.25) is 5.91 Å². The molecule has 0 heterocycles. The number of rotatable bonds is 6. The van der Waals surface area contributed by atoms with Gasteiger partial charge in [0, 0.05) is 17.8 Å². The van der Waals surface area contributed by atoms with Crippen LogP contribution in [0.25, 0.3) is 0 Å². The standard InChI is InChI=1S/C17H27N3O2/c1-10(2)9-19-16(21)13-6-7-14(12(5)8-13)20-17(22)15(18)11(3)4/h6-8,10-11,15H,9,18H2,1-5H3,(H,19,21)(H,20,22)/t15-/m0/s1. The smallest absolute Gasteiger partial charge is 0.251 e. The van der Waals surface area contributed by atoms with Gasteiger partial charge in [-0.1, -0.05) is 27.7 Å². The summed E-state index contributed by atoms with van der Waals surface area (Å²) in [6.07, 6.45) is 0. The highest BCUT2D eigenvalue weighted by atomic mass is 16.2. The maximum absolute atomic E-state index is 12.0. The number of amides is 2. The first-order valence-electron chi connectivity index (χ1n) is 7.67. The summed E-state index contributed by atoms with van der Waals surface area (Å²) in [6, 6.07) is 4.67. The Labute approximate surface area is 132 Å². The summed E-state index contributed by atoms with van der Waals surface area (Å²) in [4.78, 5) is 24.0. The Bertz CT molecular complexity index is 539. The van der Waals surface area contributed by atoms with E-state index in [0.717, 1.165) is 5.56 Å². The second-order valence-corrected chi connectivity index (χ2v) is 6.39. The van der Waals surface area contributed by atoms with Gasteiger partial charge >= 0.3 is 0 Å². The number of aryl methyl sites for hydroxylation is 1. The lowest BCUT2D eigenvalue weighted by Crippen LogP contribution is -2.39. The first-order chi connectivity index (χ1) is 10.2. The number of nitrogens with one attached hydrogen (secondary N) is 2. The fourth-order valence-corrected chi connectivity index (χ4v) is 1.86. The summed E-state index contributed by atoms with van der Waals surface area (Å²) in [5, 5.41) is 5.68. The molecule has 0 saturated heterocycles. The van der Waals surface area contributed by atoms with E-state index < -0.39 is 6.04 Å². The first-order valence-corrected chi connectivity index (χ1v) is 7.67. The van der Waals surface area contributed by atoms with Crippen LogP contribution in [0.3, 0.4) is 0 Å². The Kier molecular flexibility index (Phi) is 6.56. The maximum Gasteiger partial charge on any atom is 0.251 e. The van der Waals surface area contributed by atoms with Gasteiger partial charge in [0.15, 0.2) is 0 Å². The molecule has 0 spiro atoms. The molecular formula is C17H27N3O2. The summed E-state index contributed by atoms with van der Waals surface area (Å²) in [5.41, 5.74) is 7.93. The van der Waals surface area contributed by atoms with Crippen molar-refractivity contribution in [1.29, 1.82) is 0 Å². The average molecular weight is 305 g/mol. The van der Waals surface area contributed by atoms with Crippen molar-refractivity contribution >= 4 is 17.5 Å². The van der Waals surface area contributed by atoms with Crippen molar-refractivity contribution < 1.29 is 9.59 Å². The van der Waals surface area contributed by atoms with Crippen LogP contribution >= 0.6 is 0 Å². The van der Waals surface area contributed by atoms with E-state index in [1.54, 1.807) is 18.2 Å². The molecule has 0 radical (unpaired) electrons. The minimum atomic E-state index is -0.548. The Hall–Kier alpha value is -1.88. The van der Waals surface area contributed by atoms with Crippen LogP contribution in [0.1, 0.15) is 43.6 Å². The number of benzene rings is 1. The Morgan fingerprint density at radius 2 is 1.82 bits per heavy atom. The number of hydrogen-bond acceptors (Lipinski definition) is 3. The number of carbonyl (C=O) groups is 2. The van der Waals surface area contributed by atoms with Crippen LogP contribution in [-0.4, -0.2) is 24.4 Å². The predicted octanol–water partition coefficient (Wildman–Crippen LogP) is 2.30. The van der Waals surface area contributed by atoms with Gasteiger partial charge in [-0.2, -0.15) is 0 Å². The lowest BCUT2D eigenvalue weighted by Gasteiger charge is -2.17. The van der Waals surface area contributed by atoms with Crippen LogP contribution in [0.4, 0.5) is 5.69 Å². The second-order valence-electron chi connectivity index (χ2n) is 6.39. The van der Waals surface area contributed by atoms with E-state index in [4.69, 9.17) is 5.73 Å². The molecule has 0 saturated carbocycles. The largest absolute Gasteiger partial charge is 0.352 e. The summed E-state index contributed by atoms with van der Waals surface area (Å²) in [7, 11) is 0. The molecule has 1 aromatic carbocycles.